The summed E-state index contributed by atoms with van der Waals surface area (Å²) in [5.74, 6) is 0.0755. The van der Waals surface area contributed by atoms with E-state index in [1.165, 1.54) is 4.90 Å². The van der Waals surface area contributed by atoms with E-state index >= 15 is 0 Å². The maximum absolute atomic E-state index is 11.5. The van der Waals surface area contributed by atoms with Gasteiger partial charge in [0, 0.05) is 13.1 Å². The Morgan fingerprint density at radius 3 is 2.47 bits per heavy atom. The van der Waals surface area contributed by atoms with Crippen molar-refractivity contribution in [1.82, 2.24) is 4.90 Å². The maximum atomic E-state index is 11.5. The minimum Gasteiger partial charge on any atom is -0.399 e. The number of allylic oxidation sites excluding steroid dienone is 2. The van der Waals surface area contributed by atoms with Gasteiger partial charge in [0.25, 0.3) is 0 Å². The molecule has 1 fully saturated rings. The molecule has 0 unspecified atom stereocenters. The number of rotatable bonds is 1. The zero-order valence-electron chi connectivity index (χ0n) is 8.95. The maximum Gasteiger partial charge on any atom is 0.416 e. The third kappa shape index (κ3) is 3.26. The van der Waals surface area contributed by atoms with Gasteiger partial charge in [0.2, 0.25) is 5.76 Å². The molecule has 82 valence electrons. The lowest BCUT2D eigenvalue weighted by Gasteiger charge is -2.25. The Morgan fingerprint density at radius 2 is 2.00 bits per heavy atom. The highest BCUT2D eigenvalue weighted by atomic mass is 16.6. The summed E-state index contributed by atoms with van der Waals surface area (Å²) < 4.78 is 10.1. The summed E-state index contributed by atoms with van der Waals surface area (Å²) in [5.41, 5.74) is 0.694. The van der Waals surface area contributed by atoms with Gasteiger partial charge in [0.05, 0.1) is 13.2 Å². The third-order valence-corrected chi connectivity index (χ3v) is 2.01. The molecule has 0 spiro atoms. The molecule has 15 heavy (non-hydrogen) atoms. The number of hydrogen-bond donors (Lipinski definition) is 0. The van der Waals surface area contributed by atoms with Crippen LogP contribution in [0.1, 0.15) is 13.8 Å². The largest absolute Gasteiger partial charge is 0.416 e. The molecule has 0 radical (unpaired) electrons. The third-order valence-electron chi connectivity index (χ3n) is 2.01. The Labute approximate surface area is 88.9 Å². The predicted octanol–water partition coefficient (Wildman–Crippen LogP) is 1.27. The first-order chi connectivity index (χ1) is 7.15. The molecule has 5 nitrogen and oxygen atoms in total. The molecule has 0 aromatic heterocycles. The first-order valence-electron chi connectivity index (χ1n) is 4.77. The molecule has 5 heteroatoms. The van der Waals surface area contributed by atoms with Gasteiger partial charge in [0.15, 0.2) is 0 Å². The minimum absolute atomic E-state index is 0.0755. The lowest BCUT2D eigenvalue weighted by molar-refractivity contribution is 0.0357. The number of hydrogen-bond acceptors (Lipinski definition) is 4. The van der Waals surface area contributed by atoms with Crippen molar-refractivity contribution in [2.45, 2.75) is 13.8 Å². The first kappa shape index (κ1) is 11.5. The smallest absolute Gasteiger partial charge is 0.399 e. The van der Waals surface area contributed by atoms with Gasteiger partial charge in [-0.05, 0) is 19.4 Å². The molecule has 0 aromatic rings. The highest BCUT2D eigenvalue weighted by Gasteiger charge is 2.19. The fourth-order valence-electron chi connectivity index (χ4n) is 1.13. The highest BCUT2D eigenvalue weighted by Crippen LogP contribution is 2.08. The topological polar surface area (TPSA) is 62.6 Å². The van der Waals surface area contributed by atoms with Gasteiger partial charge in [-0.2, -0.15) is 5.26 Å². The molecule has 1 saturated heterocycles. The van der Waals surface area contributed by atoms with Gasteiger partial charge in [-0.25, -0.2) is 4.79 Å². The van der Waals surface area contributed by atoms with Crippen LogP contribution in [0.5, 0.6) is 0 Å². The van der Waals surface area contributed by atoms with Gasteiger partial charge in [-0.15, -0.1) is 0 Å². The number of nitriles is 1. The van der Waals surface area contributed by atoms with Crippen molar-refractivity contribution in [3.05, 3.63) is 11.3 Å². The number of ether oxygens (including phenoxy) is 2. The molecule has 0 N–H and O–H groups in total. The zero-order valence-corrected chi connectivity index (χ0v) is 8.95. The van der Waals surface area contributed by atoms with Crippen LogP contribution in [0.25, 0.3) is 0 Å². The fraction of sp³-hybridized carbons (Fsp3) is 0.600. The van der Waals surface area contributed by atoms with Crippen molar-refractivity contribution >= 4 is 6.09 Å². The molecule has 1 amide bonds. The molecule has 0 aliphatic carbocycles. The van der Waals surface area contributed by atoms with Crippen LogP contribution < -0.4 is 0 Å². The van der Waals surface area contributed by atoms with Crippen molar-refractivity contribution in [2.75, 3.05) is 26.3 Å². The molecule has 1 rings (SSSR count). The Hall–Kier alpha value is -1.54. The van der Waals surface area contributed by atoms with Crippen LogP contribution in [-0.4, -0.2) is 37.3 Å². The summed E-state index contributed by atoms with van der Waals surface area (Å²) in [5, 5.41) is 8.72. The average Bonchev–Trinajstić information content (AvgIpc) is 2.26. The van der Waals surface area contributed by atoms with Crippen molar-refractivity contribution in [3.8, 4) is 6.07 Å². The van der Waals surface area contributed by atoms with Crippen molar-refractivity contribution in [1.29, 1.82) is 5.26 Å². The molecule has 0 bridgehead atoms. The van der Waals surface area contributed by atoms with E-state index in [4.69, 9.17) is 14.7 Å². The van der Waals surface area contributed by atoms with Gasteiger partial charge >= 0.3 is 6.09 Å². The van der Waals surface area contributed by atoms with Gasteiger partial charge in [-0.1, -0.05) is 0 Å². The van der Waals surface area contributed by atoms with Crippen LogP contribution in [-0.2, 0) is 9.47 Å². The summed E-state index contributed by atoms with van der Waals surface area (Å²) in [6, 6.07) is 1.85. The van der Waals surface area contributed by atoms with E-state index in [2.05, 4.69) is 0 Å². The lowest BCUT2D eigenvalue weighted by Crippen LogP contribution is -2.40. The molecular formula is C10H14N2O3. The van der Waals surface area contributed by atoms with Gasteiger partial charge in [-0.3, -0.25) is 0 Å². The minimum atomic E-state index is -0.476. The van der Waals surface area contributed by atoms with Crippen molar-refractivity contribution in [3.63, 3.8) is 0 Å². The number of carbonyl (C=O) groups excluding carboxylic acids is 1. The molecule has 0 aromatic carbocycles. The van der Waals surface area contributed by atoms with Crippen LogP contribution in [0, 0.1) is 11.3 Å². The zero-order chi connectivity index (χ0) is 11.3. The molecule has 1 aliphatic rings. The predicted molar refractivity (Wildman–Crippen MR) is 52.9 cm³/mol. The summed E-state index contributed by atoms with van der Waals surface area (Å²) in [4.78, 5) is 13.1. The quantitative estimate of drug-likeness (QED) is 0.483. The van der Waals surface area contributed by atoms with E-state index < -0.39 is 6.09 Å². The van der Waals surface area contributed by atoms with Gasteiger partial charge < -0.3 is 14.4 Å². The Morgan fingerprint density at radius 1 is 1.40 bits per heavy atom. The monoisotopic (exact) mass is 210 g/mol. The van der Waals surface area contributed by atoms with E-state index in [1.807, 2.05) is 6.07 Å². The second-order valence-electron chi connectivity index (χ2n) is 3.41. The fourth-order valence-corrected chi connectivity index (χ4v) is 1.13. The lowest BCUT2D eigenvalue weighted by atomic mass is 10.3. The van der Waals surface area contributed by atoms with Crippen LogP contribution in [0.3, 0.4) is 0 Å². The highest BCUT2D eigenvalue weighted by molar-refractivity contribution is 5.69. The Bertz CT molecular complexity index is 307. The number of carbonyl (C=O) groups is 1. The van der Waals surface area contributed by atoms with Crippen LogP contribution in [0.4, 0.5) is 4.79 Å². The second-order valence-corrected chi connectivity index (χ2v) is 3.41. The summed E-state index contributed by atoms with van der Waals surface area (Å²) in [6.07, 6.45) is -0.476. The van der Waals surface area contributed by atoms with Crippen molar-refractivity contribution in [2.24, 2.45) is 0 Å². The summed E-state index contributed by atoms with van der Waals surface area (Å²) in [7, 11) is 0. The van der Waals surface area contributed by atoms with Crippen LogP contribution in [0.15, 0.2) is 11.3 Å². The number of morpholine rings is 1. The molecule has 0 atom stereocenters. The Balaban J connectivity index is 2.55. The summed E-state index contributed by atoms with van der Waals surface area (Å²) in [6.45, 7) is 5.52. The number of amides is 1. The second kappa shape index (κ2) is 5.37. The van der Waals surface area contributed by atoms with E-state index in [0.717, 1.165) is 0 Å². The van der Waals surface area contributed by atoms with E-state index in [0.29, 0.717) is 31.9 Å². The van der Waals surface area contributed by atoms with E-state index in [1.54, 1.807) is 13.8 Å². The summed E-state index contributed by atoms with van der Waals surface area (Å²) >= 11 is 0. The average molecular weight is 210 g/mol. The van der Waals surface area contributed by atoms with Crippen molar-refractivity contribution < 1.29 is 14.3 Å². The van der Waals surface area contributed by atoms with Crippen LogP contribution >= 0.6 is 0 Å². The van der Waals surface area contributed by atoms with E-state index in [-0.39, 0.29) is 5.76 Å². The first-order valence-corrected chi connectivity index (χ1v) is 4.77. The number of nitrogens with zero attached hydrogens (tertiary/aromatic N) is 2. The molecule has 1 aliphatic heterocycles. The van der Waals surface area contributed by atoms with Gasteiger partial charge in [0.1, 0.15) is 6.07 Å². The molecule has 0 saturated carbocycles. The normalized spacial score (nSPS) is 15.4. The van der Waals surface area contributed by atoms with E-state index in [9.17, 15) is 4.79 Å². The SMILES string of the molecule is CC(C)=C(C#N)OC(=O)N1CCOCC1. The molecular weight excluding hydrogens is 196 g/mol. The molecule has 1 heterocycles. The standard InChI is InChI=1S/C10H14N2O3/c1-8(2)9(7-11)15-10(13)12-3-5-14-6-4-12/h3-6H2,1-2H3. The Kier molecular flexibility index (Phi) is 4.13. The van der Waals surface area contributed by atoms with Crippen LogP contribution in [0.2, 0.25) is 0 Å².